The van der Waals surface area contributed by atoms with Crippen LogP contribution in [0, 0.1) is 6.92 Å². The molecule has 0 amide bonds. The van der Waals surface area contributed by atoms with Gasteiger partial charge in [0, 0.05) is 31.5 Å². The summed E-state index contributed by atoms with van der Waals surface area (Å²) in [5.41, 5.74) is 4.69. The molecule has 1 unspecified atom stereocenters. The van der Waals surface area contributed by atoms with Crippen LogP contribution in [0.1, 0.15) is 35.5 Å². The topological polar surface area (TPSA) is 41.1 Å². The number of hydrogen-bond acceptors (Lipinski definition) is 4. The Hall–Kier alpha value is -1.78. The average molecular weight is 284 g/mol. The van der Waals surface area contributed by atoms with Crippen LogP contribution >= 0.6 is 0 Å². The molecule has 0 fully saturated rings. The molecule has 1 aromatic carbocycles. The normalized spacial score (nSPS) is 12.6. The first-order valence-corrected chi connectivity index (χ1v) is 7.30. The van der Waals surface area contributed by atoms with E-state index in [0.29, 0.717) is 0 Å². The third kappa shape index (κ3) is 4.34. The molecule has 112 valence electrons. The van der Waals surface area contributed by atoms with Gasteiger partial charge in [-0.1, -0.05) is 24.3 Å². The van der Waals surface area contributed by atoms with Crippen molar-refractivity contribution in [2.75, 3.05) is 14.1 Å². The summed E-state index contributed by atoms with van der Waals surface area (Å²) in [6, 6.07) is 8.75. The van der Waals surface area contributed by atoms with Crippen molar-refractivity contribution in [2.45, 2.75) is 33.0 Å². The van der Waals surface area contributed by atoms with E-state index in [9.17, 15) is 0 Å². The summed E-state index contributed by atoms with van der Waals surface area (Å²) in [5, 5.41) is 3.55. The van der Waals surface area contributed by atoms with Gasteiger partial charge in [0.15, 0.2) is 0 Å². The lowest BCUT2D eigenvalue weighted by atomic mass is 10.1. The molecular weight excluding hydrogens is 260 g/mol. The Labute approximate surface area is 127 Å². The highest BCUT2D eigenvalue weighted by Gasteiger charge is 2.11. The summed E-state index contributed by atoms with van der Waals surface area (Å²) in [5.74, 6) is 0. The predicted molar refractivity (Wildman–Crippen MR) is 85.9 cm³/mol. The summed E-state index contributed by atoms with van der Waals surface area (Å²) in [6.07, 6.45) is 3.48. The Morgan fingerprint density at radius 3 is 2.43 bits per heavy atom. The fraction of sp³-hybridized carbons (Fsp3) is 0.412. The first kappa shape index (κ1) is 15.6. The van der Waals surface area contributed by atoms with Gasteiger partial charge in [0.05, 0.1) is 11.4 Å². The highest BCUT2D eigenvalue weighted by molar-refractivity contribution is 5.27. The molecule has 0 radical (unpaired) electrons. The summed E-state index contributed by atoms with van der Waals surface area (Å²) in [7, 11) is 4.19. The third-order valence-corrected chi connectivity index (χ3v) is 3.53. The number of hydrogen-bond donors (Lipinski definition) is 1. The second-order valence-corrected chi connectivity index (χ2v) is 5.64. The van der Waals surface area contributed by atoms with Gasteiger partial charge in [0.25, 0.3) is 0 Å². The Kier molecular flexibility index (Phi) is 5.42. The van der Waals surface area contributed by atoms with Gasteiger partial charge in [-0.05, 0) is 39.1 Å². The molecule has 0 saturated carbocycles. The van der Waals surface area contributed by atoms with Crippen LogP contribution in [-0.4, -0.2) is 29.0 Å². The molecule has 2 aromatic rings. The molecule has 0 aliphatic carbocycles. The monoisotopic (exact) mass is 284 g/mol. The van der Waals surface area contributed by atoms with E-state index in [1.165, 1.54) is 11.1 Å². The maximum atomic E-state index is 4.43. The lowest BCUT2D eigenvalue weighted by Gasteiger charge is -2.18. The SMILES string of the molecule is Cc1nccnc1C(C)NCc1ccccc1CN(C)C. The molecule has 1 N–H and O–H groups in total. The van der Waals surface area contributed by atoms with Crippen LogP contribution in [-0.2, 0) is 13.1 Å². The molecule has 0 bridgehead atoms. The van der Waals surface area contributed by atoms with Gasteiger partial charge >= 0.3 is 0 Å². The maximum absolute atomic E-state index is 4.43. The van der Waals surface area contributed by atoms with Crippen molar-refractivity contribution < 1.29 is 0 Å². The van der Waals surface area contributed by atoms with Crippen molar-refractivity contribution in [3.8, 4) is 0 Å². The molecule has 1 heterocycles. The standard InChI is InChI=1S/C17H24N4/c1-13-17(19-10-9-18-13)14(2)20-11-15-7-5-6-8-16(15)12-21(3)4/h5-10,14,20H,11-12H2,1-4H3. The van der Waals surface area contributed by atoms with E-state index in [1.807, 2.05) is 6.92 Å². The van der Waals surface area contributed by atoms with E-state index >= 15 is 0 Å². The molecule has 0 spiro atoms. The zero-order valence-corrected chi connectivity index (χ0v) is 13.3. The minimum Gasteiger partial charge on any atom is -0.305 e. The predicted octanol–water partition coefficient (Wildman–Crippen LogP) is 2.70. The molecule has 4 heteroatoms. The minimum absolute atomic E-state index is 0.186. The average Bonchev–Trinajstić information content (AvgIpc) is 2.46. The molecule has 2 rings (SSSR count). The molecule has 4 nitrogen and oxygen atoms in total. The summed E-state index contributed by atoms with van der Waals surface area (Å²) < 4.78 is 0. The molecule has 1 aromatic heterocycles. The third-order valence-electron chi connectivity index (χ3n) is 3.53. The van der Waals surface area contributed by atoms with Crippen LogP contribution in [0.15, 0.2) is 36.7 Å². The number of aromatic nitrogens is 2. The molecule has 0 saturated heterocycles. The maximum Gasteiger partial charge on any atom is 0.0782 e. The van der Waals surface area contributed by atoms with E-state index in [4.69, 9.17) is 0 Å². The van der Waals surface area contributed by atoms with Crippen LogP contribution in [0.2, 0.25) is 0 Å². The van der Waals surface area contributed by atoms with Gasteiger partial charge in [0.2, 0.25) is 0 Å². The fourth-order valence-corrected chi connectivity index (χ4v) is 2.43. The largest absolute Gasteiger partial charge is 0.305 e. The van der Waals surface area contributed by atoms with E-state index in [1.54, 1.807) is 12.4 Å². The Bertz CT molecular complexity index is 581. The van der Waals surface area contributed by atoms with Crippen LogP contribution in [0.4, 0.5) is 0 Å². The zero-order valence-electron chi connectivity index (χ0n) is 13.3. The van der Waals surface area contributed by atoms with Gasteiger partial charge in [-0.2, -0.15) is 0 Å². The number of benzene rings is 1. The molecule has 0 aliphatic rings. The molecule has 21 heavy (non-hydrogen) atoms. The highest BCUT2D eigenvalue weighted by atomic mass is 15.0. The second-order valence-electron chi connectivity index (χ2n) is 5.64. The van der Waals surface area contributed by atoms with Crippen LogP contribution in [0.3, 0.4) is 0 Å². The van der Waals surface area contributed by atoms with Crippen LogP contribution in [0.5, 0.6) is 0 Å². The summed E-state index contributed by atoms with van der Waals surface area (Å²) in [6.45, 7) is 5.92. The summed E-state index contributed by atoms with van der Waals surface area (Å²) in [4.78, 5) is 10.9. The highest BCUT2D eigenvalue weighted by Crippen LogP contribution is 2.15. The first-order chi connectivity index (χ1) is 10.1. The van der Waals surface area contributed by atoms with E-state index in [0.717, 1.165) is 24.5 Å². The van der Waals surface area contributed by atoms with Crippen molar-refractivity contribution in [2.24, 2.45) is 0 Å². The quantitative estimate of drug-likeness (QED) is 0.885. The number of nitrogens with zero attached hydrogens (tertiary/aromatic N) is 3. The number of rotatable bonds is 6. The van der Waals surface area contributed by atoms with E-state index in [2.05, 4.69) is 65.5 Å². The van der Waals surface area contributed by atoms with Crippen molar-refractivity contribution in [3.05, 3.63) is 59.2 Å². The summed E-state index contributed by atoms with van der Waals surface area (Å²) >= 11 is 0. The van der Waals surface area contributed by atoms with Crippen molar-refractivity contribution in [1.82, 2.24) is 20.2 Å². The van der Waals surface area contributed by atoms with Crippen LogP contribution in [0.25, 0.3) is 0 Å². The van der Waals surface area contributed by atoms with Crippen molar-refractivity contribution in [1.29, 1.82) is 0 Å². The van der Waals surface area contributed by atoms with E-state index < -0.39 is 0 Å². The van der Waals surface area contributed by atoms with Gasteiger partial charge < -0.3 is 10.2 Å². The van der Waals surface area contributed by atoms with Crippen LogP contribution < -0.4 is 5.32 Å². The number of nitrogens with one attached hydrogen (secondary N) is 1. The van der Waals surface area contributed by atoms with Crippen molar-refractivity contribution >= 4 is 0 Å². The molecular formula is C17H24N4. The lowest BCUT2D eigenvalue weighted by Crippen LogP contribution is -2.22. The lowest BCUT2D eigenvalue weighted by molar-refractivity contribution is 0.399. The number of aryl methyl sites for hydroxylation is 1. The molecule has 1 atom stereocenters. The van der Waals surface area contributed by atoms with E-state index in [-0.39, 0.29) is 6.04 Å². The first-order valence-electron chi connectivity index (χ1n) is 7.30. The fourth-order valence-electron chi connectivity index (χ4n) is 2.43. The van der Waals surface area contributed by atoms with Gasteiger partial charge in [-0.15, -0.1) is 0 Å². The van der Waals surface area contributed by atoms with Gasteiger partial charge in [0.1, 0.15) is 0 Å². The second kappa shape index (κ2) is 7.29. The zero-order chi connectivity index (χ0) is 15.2. The Morgan fingerprint density at radius 1 is 1.10 bits per heavy atom. The smallest absolute Gasteiger partial charge is 0.0782 e. The molecule has 0 aliphatic heterocycles. The van der Waals surface area contributed by atoms with Gasteiger partial charge in [-0.25, -0.2) is 0 Å². The minimum atomic E-state index is 0.186. The Morgan fingerprint density at radius 2 is 1.76 bits per heavy atom. The Balaban J connectivity index is 2.05. The van der Waals surface area contributed by atoms with Crippen molar-refractivity contribution in [3.63, 3.8) is 0 Å². The van der Waals surface area contributed by atoms with Gasteiger partial charge in [-0.3, -0.25) is 9.97 Å².